The second-order valence-corrected chi connectivity index (χ2v) is 12.5. The molecule has 1 spiro atoms. The number of ketones is 1. The zero-order valence-electron chi connectivity index (χ0n) is 16.9. The van der Waals surface area contributed by atoms with E-state index in [1.807, 2.05) is 0 Å². The minimum Gasteiger partial charge on any atom is -0.390 e. The summed E-state index contributed by atoms with van der Waals surface area (Å²) in [5.41, 5.74) is 1.28. The monoisotopic (exact) mass is 628 g/mol. The molecule has 0 bridgehead atoms. The number of fused-ring (bicyclic) bond motifs is 3. The first-order chi connectivity index (χ1) is 15.6. The van der Waals surface area contributed by atoms with Crippen molar-refractivity contribution < 1.29 is 32.6 Å². The Labute approximate surface area is 213 Å². The zero-order chi connectivity index (χ0) is 24.1. The van der Waals surface area contributed by atoms with Crippen LogP contribution in [0.5, 0.6) is 0 Å². The Balaban J connectivity index is 0.000000160. The number of carbonyl (C=O) groups excluding carboxylic acids is 1. The minimum absolute atomic E-state index is 0.246. The third-order valence-corrected chi connectivity index (χ3v) is 10.9. The Morgan fingerprint density at radius 3 is 2.06 bits per heavy atom. The number of carbonyl (C=O) groups is 1. The first-order valence-corrected chi connectivity index (χ1v) is 13.7. The summed E-state index contributed by atoms with van der Waals surface area (Å²) in [5.74, 6) is -2.92. The SMILES string of the molecule is O=C1c2c(F)c(F)cc(Br)c2CCC1O.OC1CCc2c(Br)cc(F)c(F)c2C12SCCS2. The second kappa shape index (κ2) is 9.81. The van der Waals surface area contributed by atoms with Crippen molar-refractivity contribution in [3.8, 4) is 0 Å². The zero-order valence-corrected chi connectivity index (χ0v) is 21.7. The summed E-state index contributed by atoms with van der Waals surface area (Å²) in [6.07, 6.45) is -0.0602. The lowest BCUT2D eigenvalue weighted by molar-refractivity contribution is 0.0705. The highest BCUT2D eigenvalue weighted by atomic mass is 79.9. The Kier molecular flexibility index (Phi) is 7.58. The molecule has 0 radical (unpaired) electrons. The predicted octanol–water partition coefficient (Wildman–Crippen LogP) is 5.88. The van der Waals surface area contributed by atoms with E-state index in [-0.39, 0.29) is 12.0 Å². The molecule has 2 aromatic carbocycles. The average Bonchev–Trinajstić information content (AvgIpc) is 3.25. The van der Waals surface area contributed by atoms with E-state index in [0.29, 0.717) is 39.3 Å². The van der Waals surface area contributed by atoms with E-state index in [9.17, 15) is 32.6 Å². The first kappa shape index (κ1) is 25.5. The molecule has 0 amide bonds. The largest absolute Gasteiger partial charge is 0.390 e. The van der Waals surface area contributed by atoms with Gasteiger partial charge in [0, 0.05) is 26.0 Å². The van der Waals surface area contributed by atoms with E-state index in [1.165, 1.54) is 29.6 Å². The summed E-state index contributed by atoms with van der Waals surface area (Å²) in [6, 6.07) is 2.18. The maximum atomic E-state index is 14.2. The molecule has 0 aromatic heterocycles. The highest BCUT2D eigenvalue weighted by molar-refractivity contribution is 9.10. The van der Waals surface area contributed by atoms with Gasteiger partial charge < -0.3 is 10.2 Å². The van der Waals surface area contributed by atoms with Gasteiger partial charge in [0.2, 0.25) is 0 Å². The van der Waals surface area contributed by atoms with Crippen molar-refractivity contribution in [3.63, 3.8) is 0 Å². The van der Waals surface area contributed by atoms with Gasteiger partial charge in [0.25, 0.3) is 0 Å². The van der Waals surface area contributed by atoms with Gasteiger partial charge in [0.05, 0.1) is 11.7 Å². The molecule has 1 aliphatic heterocycles. The average molecular weight is 630 g/mol. The maximum Gasteiger partial charge on any atom is 0.194 e. The second-order valence-electron chi connectivity index (χ2n) is 7.85. The fourth-order valence-corrected chi connectivity index (χ4v) is 8.99. The van der Waals surface area contributed by atoms with Crippen molar-refractivity contribution >= 4 is 61.2 Å². The minimum atomic E-state index is -1.22. The molecule has 2 N–H and O–H groups in total. The number of Topliss-reactive ketones (excluding diaryl/α,β-unsaturated/α-hetero) is 1. The van der Waals surface area contributed by atoms with Crippen molar-refractivity contribution in [1.29, 1.82) is 0 Å². The standard InChI is InChI=1S/C12H11BrF2OS2.C10H7BrF2O2/c13-7-5-8(14)11(15)10-6(7)1-2-9(16)12(10)17-3-4-18-12;11-5-3-6(12)9(13)8-4(5)1-2-7(14)10(8)15/h5,9,16H,1-4H2;3,7,14H,1-2H2. The quantitative estimate of drug-likeness (QED) is 0.281. The van der Waals surface area contributed by atoms with Gasteiger partial charge in [-0.1, -0.05) is 31.9 Å². The van der Waals surface area contributed by atoms with E-state index in [0.717, 1.165) is 23.1 Å². The first-order valence-electron chi connectivity index (χ1n) is 10.1. The molecule has 3 aliphatic rings. The fraction of sp³-hybridized carbons (Fsp3) is 0.409. The van der Waals surface area contributed by atoms with Crippen LogP contribution in [0.1, 0.15) is 39.9 Å². The van der Waals surface area contributed by atoms with Gasteiger partial charge in [-0.25, -0.2) is 17.6 Å². The molecule has 2 aliphatic carbocycles. The summed E-state index contributed by atoms with van der Waals surface area (Å²) in [4.78, 5) is 11.5. The van der Waals surface area contributed by atoms with E-state index >= 15 is 0 Å². The molecule has 2 aromatic rings. The molecule has 0 saturated carbocycles. The van der Waals surface area contributed by atoms with Gasteiger partial charge in [0.15, 0.2) is 29.1 Å². The number of benzene rings is 2. The third kappa shape index (κ3) is 4.42. The lowest BCUT2D eigenvalue weighted by Crippen LogP contribution is -2.38. The number of hydrogen-bond donors (Lipinski definition) is 2. The topological polar surface area (TPSA) is 57.5 Å². The molecule has 1 saturated heterocycles. The van der Waals surface area contributed by atoms with Crippen LogP contribution in [0.25, 0.3) is 0 Å². The van der Waals surface area contributed by atoms with E-state index < -0.39 is 45.3 Å². The molecule has 3 nitrogen and oxygen atoms in total. The van der Waals surface area contributed by atoms with Gasteiger partial charge >= 0.3 is 0 Å². The van der Waals surface area contributed by atoms with Crippen LogP contribution >= 0.6 is 55.4 Å². The van der Waals surface area contributed by atoms with Gasteiger partial charge in [-0.2, -0.15) is 0 Å². The fourth-order valence-electron chi connectivity index (χ4n) is 4.36. The Morgan fingerprint density at radius 1 is 0.879 bits per heavy atom. The lowest BCUT2D eigenvalue weighted by Gasteiger charge is -2.39. The third-order valence-electron chi connectivity index (χ3n) is 5.93. The van der Waals surface area contributed by atoms with E-state index in [2.05, 4.69) is 31.9 Å². The van der Waals surface area contributed by atoms with Gasteiger partial charge in [-0.05, 0) is 48.9 Å². The number of aliphatic hydroxyl groups excluding tert-OH is 2. The van der Waals surface area contributed by atoms with Crippen molar-refractivity contribution in [2.24, 2.45) is 0 Å². The summed E-state index contributed by atoms with van der Waals surface area (Å²) < 4.78 is 54.5. The molecule has 178 valence electrons. The lowest BCUT2D eigenvalue weighted by atomic mass is 9.88. The molecule has 1 fully saturated rings. The molecule has 5 rings (SSSR count). The molecule has 2 unspecified atom stereocenters. The van der Waals surface area contributed by atoms with Gasteiger partial charge in [-0.3, -0.25) is 4.79 Å². The van der Waals surface area contributed by atoms with Crippen LogP contribution in [0.3, 0.4) is 0 Å². The van der Waals surface area contributed by atoms with Crippen molar-refractivity contribution in [3.05, 3.63) is 66.6 Å². The number of hydrogen-bond acceptors (Lipinski definition) is 5. The van der Waals surface area contributed by atoms with Gasteiger partial charge in [0.1, 0.15) is 10.2 Å². The Hall–Kier alpha value is -0.590. The van der Waals surface area contributed by atoms with Crippen LogP contribution in [-0.2, 0) is 16.9 Å². The highest BCUT2D eigenvalue weighted by Gasteiger charge is 2.50. The van der Waals surface area contributed by atoms with Crippen molar-refractivity contribution in [2.75, 3.05) is 11.5 Å². The van der Waals surface area contributed by atoms with E-state index in [4.69, 9.17) is 0 Å². The van der Waals surface area contributed by atoms with Crippen molar-refractivity contribution in [1.82, 2.24) is 0 Å². The Bertz CT molecular complexity index is 1130. The summed E-state index contributed by atoms with van der Waals surface area (Å²) >= 11 is 9.45. The summed E-state index contributed by atoms with van der Waals surface area (Å²) in [6.45, 7) is 0. The summed E-state index contributed by atoms with van der Waals surface area (Å²) in [5, 5.41) is 19.5. The number of halogens is 6. The van der Waals surface area contributed by atoms with Crippen LogP contribution in [0, 0.1) is 23.3 Å². The highest BCUT2D eigenvalue weighted by Crippen LogP contribution is 2.59. The normalized spacial score (nSPS) is 23.1. The van der Waals surface area contributed by atoms with Crippen LogP contribution in [-0.4, -0.2) is 39.7 Å². The Morgan fingerprint density at radius 2 is 1.42 bits per heavy atom. The molecular formula is C22H18Br2F4O3S2. The van der Waals surface area contributed by atoms with Crippen LogP contribution in [0.2, 0.25) is 0 Å². The van der Waals surface area contributed by atoms with Crippen molar-refractivity contribution in [2.45, 2.75) is 42.0 Å². The van der Waals surface area contributed by atoms with Crippen LogP contribution in [0.15, 0.2) is 21.1 Å². The molecular weight excluding hydrogens is 612 g/mol. The predicted molar refractivity (Wildman–Crippen MR) is 128 cm³/mol. The van der Waals surface area contributed by atoms with Gasteiger partial charge in [-0.15, -0.1) is 23.5 Å². The molecule has 1 heterocycles. The summed E-state index contributed by atoms with van der Waals surface area (Å²) in [7, 11) is 0. The number of thioether (sulfide) groups is 2. The van der Waals surface area contributed by atoms with Crippen LogP contribution < -0.4 is 0 Å². The maximum absolute atomic E-state index is 14.2. The van der Waals surface area contributed by atoms with E-state index in [1.54, 1.807) is 0 Å². The van der Waals surface area contributed by atoms with Crippen LogP contribution in [0.4, 0.5) is 17.6 Å². The smallest absolute Gasteiger partial charge is 0.194 e. The molecule has 2 atom stereocenters. The number of aliphatic hydroxyl groups is 2. The molecule has 33 heavy (non-hydrogen) atoms. The molecule has 11 heteroatoms. The number of rotatable bonds is 0.